The third-order valence-electron chi connectivity index (χ3n) is 6.53. The van der Waals surface area contributed by atoms with Gasteiger partial charge < -0.3 is 14.4 Å². The number of carbonyl (C=O) groups is 1. The zero-order valence-corrected chi connectivity index (χ0v) is 19.0. The van der Waals surface area contributed by atoms with E-state index in [2.05, 4.69) is 26.4 Å². The molecule has 9 heteroatoms. The fourth-order valence-electron chi connectivity index (χ4n) is 4.71. The molecule has 2 aromatic heterocycles. The molecule has 1 fully saturated rings. The standard InChI is InChI=1S/C23H27ClN6O2/c1-16-6-7-17(24)13-18(16)27-9-11-28(12-10-27)20(31)14-29-15-25-22-21(23(29)32)26-19-5-3-2-4-8-30(19)22/h6-7,13,15H,2-5,8-12,14H2,1H3. The summed E-state index contributed by atoms with van der Waals surface area (Å²) in [6.45, 7) is 5.56. The molecular formula is C23H27ClN6O2. The number of amides is 1. The van der Waals surface area contributed by atoms with E-state index >= 15 is 0 Å². The summed E-state index contributed by atoms with van der Waals surface area (Å²) >= 11 is 6.17. The van der Waals surface area contributed by atoms with Crippen molar-refractivity contribution in [3.8, 4) is 0 Å². The molecule has 0 spiro atoms. The first-order valence-corrected chi connectivity index (χ1v) is 11.6. The summed E-state index contributed by atoms with van der Waals surface area (Å²) in [5, 5.41) is 0.711. The number of anilines is 1. The number of aromatic nitrogens is 4. The molecule has 2 aliphatic rings. The number of hydrogen-bond donors (Lipinski definition) is 0. The molecule has 0 atom stereocenters. The van der Waals surface area contributed by atoms with Crippen molar-refractivity contribution >= 4 is 34.4 Å². The zero-order chi connectivity index (χ0) is 22.2. The normalized spacial score (nSPS) is 16.8. The van der Waals surface area contributed by atoms with Gasteiger partial charge in [-0.15, -0.1) is 0 Å². The van der Waals surface area contributed by atoms with Crippen LogP contribution in [0.5, 0.6) is 0 Å². The number of hydrogen-bond acceptors (Lipinski definition) is 5. The highest BCUT2D eigenvalue weighted by Gasteiger charge is 2.24. The molecule has 0 N–H and O–H groups in total. The third kappa shape index (κ3) is 3.88. The third-order valence-corrected chi connectivity index (χ3v) is 6.77. The predicted molar refractivity (Wildman–Crippen MR) is 124 cm³/mol. The molecule has 8 nitrogen and oxygen atoms in total. The van der Waals surface area contributed by atoms with Crippen molar-refractivity contribution in [2.45, 2.75) is 45.7 Å². The van der Waals surface area contributed by atoms with E-state index in [9.17, 15) is 9.59 Å². The van der Waals surface area contributed by atoms with Gasteiger partial charge in [0.05, 0.1) is 0 Å². The number of nitrogens with zero attached hydrogens (tertiary/aromatic N) is 6. The Morgan fingerprint density at radius 2 is 1.91 bits per heavy atom. The number of piperazine rings is 1. The van der Waals surface area contributed by atoms with E-state index in [-0.39, 0.29) is 18.0 Å². The van der Waals surface area contributed by atoms with Gasteiger partial charge in [-0.3, -0.25) is 14.2 Å². The van der Waals surface area contributed by atoms with Crippen molar-refractivity contribution in [2.24, 2.45) is 0 Å². The largest absolute Gasteiger partial charge is 0.368 e. The van der Waals surface area contributed by atoms with Crippen LogP contribution in [0.2, 0.25) is 5.02 Å². The van der Waals surface area contributed by atoms with Gasteiger partial charge in [-0.05, 0) is 37.5 Å². The molecule has 0 unspecified atom stereocenters. The Bertz CT molecular complexity index is 1230. The van der Waals surface area contributed by atoms with Crippen LogP contribution in [0.3, 0.4) is 0 Å². The Morgan fingerprint density at radius 3 is 2.72 bits per heavy atom. The molecular weight excluding hydrogens is 428 g/mol. The summed E-state index contributed by atoms with van der Waals surface area (Å²) in [6, 6.07) is 5.88. The lowest BCUT2D eigenvalue weighted by molar-refractivity contribution is -0.132. The minimum absolute atomic E-state index is 0.0137. The van der Waals surface area contributed by atoms with Gasteiger partial charge in [0.15, 0.2) is 11.2 Å². The molecule has 0 radical (unpaired) electrons. The lowest BCUT2D eigenvalue weighted by Gasteiger charge is -2.37. The zero-order valence-electron chi connectivity index (χ0n) is 18.3. The van der Waals surface area contributed by atoms with Gasteiger partial charge >= 0.3 is 0 Å². The second-order valence-corrected chi connectivity index (χ2v) is 9.08. The monoisotopic (exact) mass is 454 g/mol. The number of aryl methyl sites for hydroxylation is 3. The van der Waals surface area contributed by atoms with Gasteiger partial charge in [-0.2, -0.15) is 0 Å². The average molecular weight is 455 g/mol. The van der Waals surface area contributed by atoms with Crippen molar-refractivity contribution in [3.63, 3.8) is 0 Å². The first-order valence-electron chi connectivity index (χ1n) is 11.2. The highest BCUT2D eigenvalue weighted by Crippen LogP contribution is 2.25. The van der Waals surface area contributed by atoms with Gasteiger partial charge in [0.1, 0.15) is 18.7 Å². The maximum atomic E-state index is 13.0. The fraction of sp³-hybridized carbons (Fsp3) is 0.478. The van der Waals surface area contributed by atoms with E-state index < -0.39 is 0 Å². The van der Waals surface area contributed by atoms with E-state index in [4.69, 9.17) is 11.6 Å². The van der Waals surface area contributed by atoms with E-state index in [1.54, 1.807) is 0 Å². The Hall–Kier alpha value is -2.87. The SMILES string of the molecule is Cc1ccc(Cl)cc1N1CCN(C(=O)Cn2cnc3c(nc4n3CCCCC4)c2=O)CC1. The first kappa shape index (κ1) is 21.0. The van der Waals surface area contributed by atoms with Gasteiger partial charge in [-0.1, -0.05) is 24.1 Å². The molecule has 1 aromatic carbocycles. The van der Waals surface area contributed by atoms with Crippen LogP contribution in [0.1, 0.15) is 30.7 Å². The average Bonchev–Trinajstić information content (AvgIpc) is 2.99. The Morgan fingerprint density at radius 1 is 1.09 bits per heavy atom. The van der Waals surface area contributed by atoms with E-state index in [0.717, 1.165) is 50.4 Å². The van der Waals surface area contributed by atoms with Crippen LogP contribution in [0.15, 0.2) is 29.3 Å². The molecule has 0 saturated carbocycles. The molecule has 5 rings (SSSR count). The summed E-state index contributed by atoms with van der Waals surface area (Å²) in [5.41, 5.74) is 3.05. The number of rotatable bonds is 3. The summed E-state index contributed by atoms with van der Waals surface area (Å²) in [7, 11) is 0. The molecule has 32 heavy (non-hydrogen) atoms. The van der Waals surface area contributed by atoms with Crippen LogP contribution in [0.4, 0.5) is 5.69 Å². The Kier molecular flexibility index (Phi) is 5.63. The van der Waals surface area contributed by atoms with Gasteiger partial charge in [-0.25, -0.2) is 9.97 Å². The molecule has 0 aliphatic carbocycles. The molecule has 1 amide bonds. The van der Waals surface area contributed by atoms with E-state index in [1.807, 2.05) is 23.1 Å². The number of carbonyl (C=O) groups excluding carboxylic acids is 1. The van der Waals surface area contributed by atoms with Crippen LogP contribution in [-0.4, -0.2) is 56.1 Å². The minimum Gasteiger partial charge on any atom is -0.368 e. The van der Waals surface area contributed by atoms with Crippen LogP contribution in [-0.2, 0) is 24.3 Å². The summed E-state index contributed by atoms with van der Waals surface area (Å²) in [6.07, 6.45) is 5.68. The Labute approximate surface area is 191 Å². The predicted octanol–water partition coefficient (Wildman–Crippen LogP) is 2.63. The number of benzene rings is 1. The topological polar surface area (TPSA) is 76.3 Å². The van der Waals surface area contributed by atoms with Crippen LogP contribution >= 0.6 is 11.6 Å². The highest BCUT2D eigenvalue weighted by molar-refractivity contribution is 6.30. The molecule has 0 bridgehead atoms. The molecule has 1 saturated heterocycles. The lowest BCUT2D eigenvalue weighted by Crippen LogP contribution is -2.50. The molecule has 168 valence electrons. The van der Waals surface area contributed by atoms with Crippen molar-refractivity contribution in [1.29, 1.82) is 0 Å². The maximum Gasteiger partial charge on any atom is 0.282 e. The van der Waals surface area contributed by atoms with Crippen LogP contribution in [0.25, 0.3) is 11.2 Å². The van der Waals surface area contributed by atoms with Gasteiger partial charge in [0.2, 0.25) is 5.91 Å². The van der Waals surface area contributed by atoms with Crippen molar-refractivity contribution in [1.82, 2.24) is 24.0 Å². The maximum absolute atomic E-state index is 13.0. The number of halogens is 1. The summed E-state index contributed by atoms with van der Waals surface area (Å²) in [4.78, 5) is 39.1. The quantitative estimate of drug-likeness (QED) is 0.608. The summed E-state index contributed by atoms with van der Waals surface area (Å²) in [5.74, 6) is 0.857. The van der Waals surface area contributed by atoms with Crippen LogP contribution < -0.4 is 10.5 Å². The molecule has 2 aliphatic heterocycles. The fourth-order valence-corrected chi connectivity index (χ4v) is 4.88. The van der Waals surface area contributed by atoms with Crippen molar-refractivity contribution in [2.75, 3.05) is 31.1 Å². The number of imidazole rings is 1. The van der Waals surface area contributed by atoms with Crippen LogP contribution in [0, 0.1) is 6.92 Å². The van der Waals surface area contributed by atoms with Gasteiger partial charge in [0, 0.05) is 49.9 Å². The number of fused-ring (bicyclic) bond motifs is 3. The van der Waals surface area contributed by atoms with Crippen molar-refractivity contribution < 1.29 is 4.79 Å². The molecule has 3 aromatic rings. The summed E-state index contributed by atoms with van der Waals surface area (Å²) < 4.78 is 3.46. The first-order chi connectivity index (χ1) is 15.5. The second kappa shape index (κ2) is 8.58. The lowest BCUT2D eigenvalue weighted by atomic mass is 10.1. The second-order valence-electron chi connectivity index (χ2n) is 8.64. The highest BCUT2D eigenvalue weighted by atomic mass is 35.5. The minimum atomic E-state index is -0.239. The van der Waals surface area contributed by atoms with Gasteiger partial charge in [0.25, 0.3) is 5.56 Å². The molecule has 4 heterocycles. The van der Waals surface area contributed by atoms with E-state index in [1.165, 1.54) is 22.9 Å². The van der Waals surface area contributed by atoms with E-state index in [0.29, 0.717) is 29.3 Å². The smallest absolute Gasteiger partial charge is 0.282 e. The van der Waals surface area contributed by atoms with Crippen molar-refractivity contribution in [3.05, 3.63) is 51.3 Å². The Balaban J connectivity index is 1.29.